The number of alkyl halides is 9. The number of imide groups is 1. The number of fused-ring (bicyclic) bond motifs is 8. The summed E-state index contributed by atoms with van der Waals surface area (Å²) in [5, 5.41) is 3.13. The number of aromatic nitrogens is 4. The van der Waals surface area contributed by atoms with Gasteiger partial charge in [-0.1, -0.05) is 32.4 Å². The van der Waals surface area contributed by atoms with E-state index in [0.29, 0.717) is 57.9 Å². The first-order chi connectivity index (χ1) is 33.2. The van der Waals surface area contributed by atoms with Crippen LogP contribution in [0, 0.1) is 13.8 Å². The molecule has 19 heteroatoms. The molecule has 0 saturated carbocycles. The van der Waals surface area contributed by atoms with Crippen LogP contribution in [0.3, 0.4) is 0 Å². The Morgan fingerprint density at radius 2 is 1.37 bits per heavy atom. The predicted octanol–water partition coefficient (Wildman–Crippen LogP) is 12.8. The minimum absolute atomic E-state index is 0.00305. The molecule has 4 aromatic rings. The number of nitrogens with one attached hydrogen (secondary N) is 3. The molecular formula is C52H51F9N6O4. The fourth-order valence-corrected chi connectivity index (χ4v) is 10.4. The molecule has 2 aromatic heterocycles. The van der Waals surface area contributed by atoms with Crippen LogP contribution >= 0.6 is 0 Å². The Balaban J connectivity index is 1.35. The van der Waals surface area contributed by atoms with Gasteiger partial charge in [-0.05, 0) is 117 Å². The van der Waals surface area contributed by atoms with E-state index in [2.05, 4.69) is 15.3 Å². The van der Waals surface area contributed by atoms with Gasteiger partial charge in [-0.25, -0.2) is 4.98 Å². The number of nitrogens with zero attached hydrogens (tertiary/aromatic N) is 3. The Kier molecular flexibility index (Phi) is 13.3. The minimum Gasteiger partial charge on any atom is -0.469 e. The van der Waals surface area contributed by atoms with Crippen LogP contribution in [0.1, 0.15) is 171 Å². The van der Waals surface area contributed by atoms with Gasteiger partial charge in [-0.2, -0.15) is 39.5 Å². The van der Waals surface area contributed by atoms with E-state index in [-0.39, 0.29) is 76.3 Å². The van der Waals surface area contributed by atoms with Gasteiger partial charge in [0.1, 0.15) is 0 Å². The number of amides is 2. The molecule has 1 unspecified atom stereocenters. The van der Waals surface area contributed by atoms with Crippen molar-refractivity contribution in [2.75, 3.05) is 7.11 Å². The third kappa shape index (κ3) is 9.68. The molecule has 6 heterocycles. The standard InChI is InChI=1S/C52H51F9N6O4/c1-9-34-24(3)36-20-41-43(28(7)62-21-29-14-32(51(56,57)58)17-33(15-29)52(59,60)61)26(5)38(64-41)18-37-25(4)35(10-11-42(68)71-8)46(65-37)45-47-44(27(6)39(66-47)19-40(34)63-36)48(69)67(49(45)70)22-30-12-23(2)13-31(16-30)50(53,54)55/h12-20,24-25,28,34-35,62-63,66H,9-11,21-22H2,1-8H3/t24-,25+,28?,34-,35+/m1/s1. The van der Waals surface area contributed by atoms with Crippen LogP contribution in [0.15, 0.2) is 54.6 Å². The number of carbonyl (C=O) groups is 3. The van der Waals surface area contributed by atoms with Crippen molar-refractivity contribution in [1.29, 1.82) is 0 Å². The largest absolute Gasteiger partial charge is 0.469 e. The van der Waals surface area contributed by atoms with Crippen molar-refractivity contribution < 1.29 is 58.6 Å². The summed E-state index contributed by atoms with van der Waals surface area (Å²) in [6.45, 7) is 11.7. The van der Waals surface area contributed by atoms with E-state index in [0.717, 1.165) is 28.4 Å². The maximum atomic E-state index is 15.1. The zero-order valence-electron chi connectivity index (χ0n) is 40.0. The van der Waals surface area contributed by atoms with Crippen molar-refractivity contribution in [2.24, 2.45) is 0 Å². The molecule has 0 spiro atoms. The second kappa shape index (κ2) is 18.6. The Bertz CT molecular complexity index is 3060. The Morgan fingerprint density at radius 1 is 0.746 bits per heavy atom. The lowest BCUT2D eigenvalue weighted by molar-refractivity contribution is -0.143. The van der Waals surface area contributed by atoms with Gasteiger partial charge in [-0.3, -0.25) is 24.3 Å². The number of hydrogen-bond donors (Lipinski definition) is 3. The number of halogens is 9. The summed E-state index contributed by atoms with van der Waals surface area (Å²) in [5.41, 5.74) is 1.84. The third-order valence-corrected chi connectivity index (χ3v) is 14.2. The van der Waals surface area contributed by atoms with Crippen molar-refractivity contribution in [2.45, 2.75) is 129 Å². The molecule has 10 nitrogen and oxygen atoms in total. The summed E-state index contributed by atoms with van der Waals surface area (Å²) in [6, 6.07) is 9.57. The number of rotatable bonds is 10. The highest BCUT2D eigenvalue weighted by Crippen LogP contribution is 2.46. The number of aromatic amines is 2. The Hall–Kier alpha value is -6.50. The molecule has 8 bridgehead atoms. The van der Waals surface area contributed by atoms with Gasteiger partial charge < -0.3 is 20.0 Å². The van der Waals surface area contributed by atoms with E-state index in [9.17, 15) is 49.1 Å². The van der Waals surface area contributed by atoms with Crippen molar-refractivity contribution in [3.8, 4) is 0 Å². The highest BCUT2D eigenvalue weighted by Gasteiger charge is 2.43. The number of hydrogen-bond acceptors (Lipinski definition) is 7. The van der Waals surface area contributed by atoms with E-state index in [1.807, 2.05) is 32.9 Å². The zero-order valence-corrected chi connectivity index (χ0v) is 40.0. The van der Waals surface area contributed by atoms with Crippen LogP contribution in [0.4, 0.5) is 39.5 Å². The molecule has 4 aliphatic heterocycles. The molecule has 4 aliphatic rings. The smallest absolute Gasteiger partial charge is 0.416 e. The van der Waals surface area contributed by atoms with Crippen molar-refractivity contribution in [1.82, 2.24) is 30.2 Å². The summed E-state index contributed by atoms with van der Waals surface area (Å²) in [4.78, 5) is 60.5. The number of benzene rings is 2. The number of carbonyl (C=O) groups excluding carboxylic acids is 3. The molecule has 0 saturated heterocycles. The molecule has 0 aliphatic carbocycles. The van der Waals surface area contributed by atoms with Gasteiger partial charge in [0.2, 0.25) is 0 Å². The van der Waals surface area contributed by atoms with Gasteiger partial charge in [-0.15, -0.1) is 0 Å². The lowest BCUT2D eigenvalue weighted by atomic mass is 9.84. The Morgan fingerprint density at radius 3 is 1.99 bits per heavy atom. The Labute approximate surface area is 402 Å². The molecule has 3 N–H and O–H groups in total. The number of methoxy groups -OCH3 is 1. The summed E-state index contributed by atoms with van der Waals surface area (Å²) in [7, 11) is 1.24. The average molecular weight is 995 g/mol. The molecule has 0 radical (unpaired) electrons. The topological polar surface area (TPSA) is 133 Å². The normalized spacial score (nSPS) is 19.4. The highest BCUT2D eigenvalue weighted by atomic mass is 19.4. The summed E-state index contributed by atoms with van der Waals surface area (Å²) >= 11 is 0. The second-order valence-corrected chi connectivity index (χ2v) is 18.8. The van der Waals surface area contributed by atoms with Crippen LogP contribution in [0.2, 0.25) is 0 Å². The fourth-order valence-electron chi connectivity index (χ4n) is 10.4. The predicted molar refractivity (Wildman–Crippen MR) is 247 cm³/mol. The van der Waals surface area contributed by atoms with E-state index in [4.69, 9.17) is 14.7 Å². The first kappa shape index (κ1) is 50.9. The van der Waals surface area contributed by atoms with Gasteiger partial charge >= 0.3 is 24.5 Å². The second-order valence-electron chi connectivity index (χ2n) is 18.8. The van der Waals surface area contributed by atoms with Gasteiger partial charge in [0, 0.05) is 65.3 Å². The summed E-state index contributed by atoms with van der Waals surface area (Å²) < 4.78 is 130. The quantitative estimate of drug-likeness (QED) is 0.0818. The maximum Gasteiger partial charge on any atom is 0.416 e. The van der Waals surface area contributed by atoms with Gasteiger partial charge in [0.05, 0.1) is 64.1 Å². The van der Waals surface area contributed by atoms with E-state index in [1.54, 1.807) is 26.8 Å². The van der Waals surface area contributed by atoms with Crippen LogP contribution in [-0.4, -0.2) is 55.8 Å². The molecule has 71 heavy (non-hydrogen) atoms. The molecule has 2 aromatic carbocycles. The molecule has 0 fully saturated rings. The number of allylic oxidation sites excluding steroid dienone is 1. The highest BCUT2D eigenvalue weighted by molar-refractivity contribution is 6.23. The minimum atomic E-state index is -5.03. The van der Waals surface area contributed by atoms with Gasteiger partial charge in [0.15, 0.2) is 0 Å². The number of esters is 1. The summed E-state index contributed by atoms with van der Waals surface area (Å²) in [6.07, 6.45) is -14.1. The van der Waals surface area contributed by atoms with Crippen LogP contribution in [-0.2, 0) is 41.1 Å². The average Bonchev–Trinajstić information content (AvgIpc) is 3.97. The van der Waals surface area contributed by atoms with Gasteiger partial charge in [0.25, 0.3) is 11.8 Å². The first-order valence-electron chi connectivity index (χ1n) is 23.1. The van der Waals surface area contributed by atoms with Crippen molar-refractivity contribution >= 4 is 40.0 Å². The number of aryl methyl sites for hydroxylation is 2. The number of H-pyrrole nitrogens is 2. The van der Waals surface area contributed by atoms with E-state index >= 15 is 4.79 Å². The van der Waals surface area contributed by atoms with Crippen LogP contribution < -0.4 is 5.32 Å². The number of ether oxygens (including phenoxy) is 1. The monoisotopic (exact) mass is 994 g/mol. The third-order valence-electron chi connectivity index (χ3n) is 14.2. The fraction of sp³-hybridized carbons (Fsp3) is 0.404. The molecular weight excluding hydrogens is 944 g/mol. The lowest BCUT2D eigenvalue weighted by Crippen LogP contribution is -2.40. The van der Waals surface area contributed by atoms with E-state index in [1.165, 1.54) is 20.1 Å². The zero-order chi connectivity index (χ0) is 51.8. The van der Waals surface area contributed by atoms with Crippen molar-refractivity contribution in [3.05, 3.63) is 139 Å². The van der Waals surface area contributed by atoms with Crippen LogP contribution in [0.5, 0.6) is 0 Å². The van der Waals surface area contributed by atoms with Crippen LogP contribution in [0.25, 0.3) is 22.2 Å². The molecule has 376 valence electrons. The van der Waals surface area contributed by atoms with Crippen molar-refractivity contribution in [3.63, 3.8) is 0 Å². The molecule has 2 amide bonds. The first-order valence-corrected chi connectivity index (χ1v) is 23.1. The SMILES string of the molecule is CC[C@H]1c2cc3[nH]c4c(c5nc(cc6nc(cc([nH]2)[C@@H]1C)C(C(C)NCc1cc(C(F)(F)F)cc(C(F)(F)F)c1)=C6C)[C@@H](C)[C@@H]5CCC(=O)OC)C(=O)N(Cc1cc(C)cc(C(F)(F)F)c1)C(=O)c4c3C. The summed E-state index contributed by atoms with van der Waals surface area (Å²) in [5.74, 6) is -3.46. The molecule has 5 atom stereocenters. The molecule has 8 rings (SSSR count). The lowest BCUT2D eigenvalue weighted by Gasteiger charge is -2.27. The maximum absolute atomic E-state index is 15.1. The van der Waals surface area contributed by atoms with E-state index < -0.39 is 77.4 Å².